The number of aromatic nitrogens is 1. The van der Waals surface area contributed by atoms with Crippen LogP contribution in [0.2, 0.25) is 0 Å². The zero-order valence-corrected chi connectivity index (χ0v) is 16.5. The molecule has 2 amide bonds. The molecule has 0 atom stereocenters. The highest BCUT2D eigenvalue weighted by atomic mass is 16.5. The van der Waals surface area contributed by atoms with Gasteiger partial charge in [-0.3, -0.25) is 5.32 Å². The molecule has 150 valence electrons. The molecular weight excluding hydrogens is 366 g/mol. The van der Waals surface area contributed by atoms with Crippen LogP contribution < -0.4 is 15.8 Å². The SMILES string of the molecule is C=C(N)C1CCN(C(=O)NC2=Nc3c(OC)ncc(-c4ccccc4)c3C2)CC1. The van der Waals surface area contributed by atoms with Crippen LogP contribution in [0.15, 0.2) is 53.8 Å². The van der Waals surface area contributed by atoms with Crippen LogP contribution in [-0.4, -0.2) is 41.9 Å². The van der Waals surface area contributed by atoms with Crippen molar-refractivity contribution in [3.05, 3.63) is 54.4 Å². The summed E-state index contributed by atoms with van der Waals surface area (Å²) in [7, 11) is 1.58. The summed E-state index contributed by atoms with van der Waals surface area (Å²) >= 11 is 0. The van der Waals surface area contributed by atoms with Crippen LogP contribution in [0.25, 0.3) is 11.1 Å². The smallest absolute Gasteiger partial charge is 0.322 e. The van der Waals surface area contributed by atoms with E-state index in [1.54, 1.807) is 18.2 Å². The quantitative estimate of drug-likeness (QED) is 0.840. The Morgan fingerprint density at radius 2 is 2.00 bits per heavy atom. The monoisotopic (exact) mass is 391 g/mol. The number of nitrogens with zero attached hydrogens (tertiary/aromatic N) is 3. The molecule has 1 saturated heterocycles. The van der Waals surface area contributed by atoms with E-state index >= 15 is 0 Å². The number of methoxy groups -OCH3 is 1. The van der Waals surface area contributed by atoms with Gasteiger partial charge in [0.05, 0.1) is 7.11 Å². The van der Waals surface area contributed by atoms with Crippen molar-refractivity contribution in [3.63, 3.8) is 0 Å². The van der Waals surface area contributed by atoms with Crippen molar-refractivity contribution >= 4 is 17.6 Å². The summed E-state index contributed by atoms with van der Waals surface area (Å²) < 4.78 is 5.39. The predicted octanol–water partition coefficient (Wildman–Crippen LogP) is 3.24. The Morgan fingerprint density at radius 1 is 1.28 bits per heavy atom. The lowest BCUT2D eigenvalue weighted by atomic mass is 9.95. The van der Waals surface area contributed by atoms with Crippen LogP contribution >= 0.6 is 0 Å². The van der Waals surface area contributed by atoms with Crippen molar-refractivity contribution in [2.75, 3.05) is 20.2 Å². The number of urea groups is 1. The Kier molecular flexibility index (Phi) is 5.20. The summed E-state index contributed by atoms with van der Waals surface area (Å²) in [5.41, 5.74) is 10.3. The Bertz CT molecular complexity index is 963. The number of amidine groups is 1. The second kappa shape index (κ2) is 7.95. The molecule has 3 N–H and O–H groups in total. The van der Waals surface area contributed by atoms with E-state index in [9.17, 15) is 4.79 Å². The minimum Gasteiger partial charge on any atom is -0.479 e. The van der Waals surface area contributed by atoms with E-state index in [4.69, 9.17) is 10.5 Å². The van der Waals surface area contributed by atoms with Crippen molar-refractivity contribution in [1.82, 2.24) is 15.2 Å². The van der Waals surface area contributed by atoms with Gasteiger partial charge in [-0.25, -0.2) is 14.8 Å². The molecule has 0 unspecified atom stereocenters. The number of ether oxygens (including phenoxy) is 1. The van der Waals surface area contributed by atoms with E-state index in [0.29, 0.717) is 42.6 Å². The number of likely N-dealkylation sites (tertiary alicyclic amines) is 1. The van der Waals surface area contributed by atoms with Gasteiger partial charge in [0.2, 0.25) is 5.88 Å². The summed E-state index contributed by atoms with van der Waals surface area (Å²) in [6.07, 6.45) is 4.01. The third-order valence-corrected chi connectivity index (χ3v) is 5.55. The fraction of sp³-hybridized carbons (Fsp3) is 0.318. The third-order valence-electron chi connectivity index (χ3n) is 5.55. The summed E-state index contributed by atoms with van der Waals surface area (Å²) in [4.78, 5) is 23.6. The molecule has 2 aromatic rings. The molecule has 1 aromatic heterocycles. The number of rotatable bonds is 3. The zero-order valence-electron chi connectivity index (χ0n) is 16.5. The Hall–Kier alpha value is -3.35. The van der Waals surface area contributed by atoms with E-state index in [-0.39, 0.29) is 11.9 Å². The highest BCUT2D eigenvalue weighted by Crippen LogP contribution is 2.40. The first-order valence-corrected chi connectivity index (χ1v) is 9.76. The molecular formula is C22H25N5O2. The van der Waals surface area contributed by atoms with Crippen molar-refractivity contribution in [2.24, 2.45) is 16.6 Å². The number of hydrogen-bond acceptors (Lipinski definition) is 5. The maximum atomic E-state index is 12.7. The van der Waals surface area contributed by atoms with Gasteiger partial charge in [-0.2, -0.15) is 0 Å². The first-order chi connectivity index (χ1) is 14.1. The maximum absolute atomic E-state index is 12.7. The summed E-state index contributed by atoms with van der Waals surface area (Å²) in [6.45, 7) is 5.15. The van der Waals surface area contributed by atoms with Gasteiger partial charge in [-0.1, -0.05) is 36.9 Å². The van der Waals surface area contributed by atoms with E-state index in [0.717, 1.165) is 29.5 Å². The predicted molar refractivity (Wildman–Crippen MR) is 113 cm³/mol. The minimum absolute atomic E-state index is 0.133. The zero-order chi connectivity index (χ0) is 20.4. The lowest BCUT2D eigenvalue weighted by Gasteiger charge is -2.31. The first-order valence-electron chi connectivity index (χ1n) is 9.76. The molecule has 2 aliphatic heterocycles. The lowest BCUT2D eigenvalue weighted by Crippen LogP contribution is -2.46. The number of carbonyl (C=O) groups excluding carboxylic acids is 1. The van der Waals surface area contributed by atoms with E-state index in [1.807, 2.05) is 30.3 Å². The number of amides is 2. The molecule has 0 saturated carbocycles. The molecule has 0 bridgehead atoms. The number of nitrogens with two attached hydrogens (primary N) is 1. The molecule has 7 heteroatoms. The molecule has 7 nitrogen and oxygen atoms in total. The summed E-state index contributed by atoms with van der Waals surface area (Å²) in [6, 6.07) is 9.90. The minimum atomic E-state index is -0.133. The van der Waals surface area contributed by atoms with Crippen LogP contribution in [0.3, 0.4) is 0 Å². The van der Waals surface area contributed by atoms with Crippen molar-refractivity contribution < 1.29 is 9.53 Å². The second-order valence-electron chi connectivity index (χ2n) is 7.38. The van der Waals surface area contributed by atoms with Crippen LogP contribution in [0, 0.1) is 5.92 Å². The molecule has 0 spiro atoms. The normalized spacial score (nSPS) is 16.2. The number of fused-ring (bicyclic) bond motifs is 1. The molecule has 1 fully saturated rings. The van der Waals surface area contributed by atoms with Gasteiger partial charge in [0.1, 0.15) is 11.5 Å². The fourth-order valence-corrected chi connectivity index (χ4v) is 3.90. The van der Waals surface area contributed by atoms with Gasteiger partial charge < -0.3 is 15.4 Å². The van der Waals surface area contributed by atoms with Gasteiger partial charge in [0.25, 0.3) is 0 Å². The molecule has 4 rings (SSSR count). The van der Waals surface area contributed by atoms with Crippen molar-refractivity contribution in [2.45, 2.75) is 19.3 Å². The highest BCUT2D eigenvalue weighted by Gasteiger charge is 2.28. The number of carbonyl (C=O) groups is 1. The third kappa shape index (κ3) is 3.81. The number of nitrogens with one attached hydrogen (secondary N) is 1. The van der Waals surface area contributed by atoms with E-state index < -0.39 is 0 Å². The van der Waals surface area contributed by atoms with Crippen molar-refractivity contribution in [1.29, 1.82) is 0 Å². The van der Waals surface area contributed by atoms with Gasteiger partial charge in [0.15, 0.2) is 0 Å². The number of piperidine rings is 1. The lowest BCUT2D eigenvalue weighted by molar-refractivity contribution is 0.181. The Morgan fingerprint density at radius 3 is 2.66 bits per heavy atom. The molecule has 0 radical (unpaired) electrons. The number of aliphatic imine (C=N–C) groups is 1. The Labute approximate surface area is 170 Å². The molecule has 3 heterocycles. The average molecular weight is 391 g/mol. The van der Waals surface area contributed by atoms with E-state index in [2.05, 4.69) is 21.9 Å². The largest absolute Gasteiger partial charge is 0.479 e. The summed E-state index contributed by atoms with van der Waals surface area (Å²) in [5, 5.41) is 2.97. The fourth-order valence-electron chi connectivity index (χ4n) is 3.90. The molecule has 0 aliphatic carbocycles. The second-order valence-corrected chi connectivity index (χ2v) is 7.38. The van der Waals surface area contributed by atoms with Crippen LogP contribution in [0.5, 0.6) is 5.88 Å². The van der Waals surface area contributed by atoms with Crippen LogP contribution in [0.1, 0.15) is 18.4 Å². The topological polar surface area (TPSA) is 92.8 Å². The molecule has 29 heavy (non-hydrogen) atoms. The number of allylic oxidation sites excluding steroid dienone is 1. The Balaban J connectivity index is 1.50. The van der Waals surface area contributed by atoms with Gasteiger partial charge in [-0.15, -0.1) is 0 Å². The average Bonchev–Trinajstić information content (AvgIpc) is 3.17. The molecule has 2 aliphatic rings. The van der Waals surface area contributed by atoms with Gasteiger partial charge >= 0.3 is 6.03 Å². The van der Waals surface area contributed by atoms with Gasteiger partial charge in [-0.05, 0) is 18.4 Å². The van der Waals surface area contributed by atoms with Crippen LogP contribution in [0.4, 0.5) is 10.5 Å². The van der Waals surface area contributed by atoms with Crippen LogP contribution in [-0.2, 0) is 6.42 Å². The summed E-state index contributed by atoms with van der Waals surface area (Å²) in [5.74, 6) is 1.36. The number of pyridine rings is 1. The number of benzene rings is 1. The maximum Gasteiger partial charge on any atom is 0.322 e. The standard InChI is InChI=1S/C22H25N5O2/c1-14(23)15-8-10-27(11-9-15)22(28)26-19-12-17-18(16-6-4-3-5-7-16)13-24-21(29-2)20(17)25-19/h3-7,13,15H,1,8-12,23H2,2H3,(H,25,26,28). The van der Waals surface area contributed by atoms with E-state index in [1.165, 1.54) is 0 Å². The van der Waals surface area contributed by atoms with Gasteiger partial charge in [0, 0.05) is 48.4 Å². The van der Waals surface area contributed by atoms with Crippen molar-refractivity contribution in [3.8, 4) is 17.0 Å². The highest BCUT2D eigenvalue weighted by molar-refractivity contribution is 6.04. The first kappa shape index (κ1) is 19.0. The number of hydrogen-bond donors (Lipinski definition) is 2. The molecule has 1 aromatic carbocycles.